The first-order valence-corrected chi connectivity index (χ1v) is 9.73. The van der Waals surface area contributed by atoms with Gasteiger partial charge in [0.2, 0.25) is 0 Å². The Morgan fingerprint density at radius 3 is 2.39 bits per heavy atom. The molecule has 3 aromatic rings. The fourth-order valence-corrected chi connectivity index (χ4v) is 3.28. The van der Waals surface area contributed by atoms with Gasteiger partial charge in [-0.2, -0.15) is 5.10 Å². The molecular formula is C20H25IN6S. The maximum Gasteiger partial charge on any atom is 0.191 e. The molecule has 0 aliphatic heterocycles. The lowest BCUT2D eigenvalue weighted by molar-refractivity contribution is 0.673. The van der Waals surface area contributed by atoms with Gasteiger partial charge in [0.15, 0.2) is 5.96 Å². The summed E-state index contributed by atoms with van der Waals surface area (Å²) in [4.78, 5) is 11.3. The van der Waals surface area contributed by atoms with E-state index in [1.807, 2.05) is 13.1 Å². The Kier molecular flexibility index (Phi) is 9.29. The molecule has 8 heteroatoms. The molecule has 0 atom stereocenters. The third kappa shape index (κ3) is 6.83. The Morgan fingerprint density at radius 2 is 1.75 bits per heavy atom. The van der Waals surface area contributed by atoms with Gasteiger partial charge in [-0.05, 0) is 36.8 Å². The fraction of sp³-hybridized carbons (Fsp3) is 0.250. The van der Waals surface area contributed by atoms with E-state index >= 15 is 0 Å². The van der Waals surface area contributed by atoms with Gasteiger partial charge in [-0.3, -0.25) is 4.68 Å². The normalized spacial score (nSPS) is 11.0. The molecule has 1 heterocycles. The maximum absolute atomic E-state index is 4.66. The van der Waals surface area contributed by atoms with E-state index < -0.39 is 0 Å². The number of hydrogen-bond acceptors (Lipinski definition) is 4. The van der Waals surface area contributed by atoms with Crippen molar-refractivity contribution >= 4 is 41.7 Å². The lowest BCUT2D eigenvalue weighted by Crippen LogP contribution is -2.37. The van der Waals surface area contributed by atoms with Gasteiger partial charge in [0.25, 0.3) is 0 Å². The summed E-state index contributed by atoms with van der Waals surface area (Å²) in [6.07, 6.45) is 1.55. The van der Waals surface area contributed by atoms with E-state index in [1.165, 1.54) is 15.4 Å². The Hall–Kier alpha value is -2.07. The quantitative estimate of drug-likeness (QED) is 0.289. The van der Waals surface area contributed by atoms with Gasteiger partial charge in [-0.15, -0.1) is 24.0 Å². The van der Waals surface area contributed by atoms with E-state index in [9.17, 15) is 0 Å². The fourth-order valence-electron chi connectivity index (χ4n) is 2.44. The molecule has 0 unspecified atom stereocenters. The maximum atomic E-state index is 4.66. The largest absolute Gasteiger partial charge is 0.357 e. The number of nitrogens with zero attached hydrogens (tertiary/aromatic N) is 4. The number of aromatic nitrogens is 3. The van der Waals surface area contributed by atoms with Crippen LogP contribution in [0.1, 0.15) is 18.3 Å². The zero-order valence-corrected chi connectivity index (χ0v) is 19.1. The standard InChI is InChI=1S/C20H24N6S.HI/c1-3-21-20(23-14-19-24-15-25-26(19)2)22-13-16-9-11-18(12-10-16)27-17-7-5-4-6-8-17;/h4-12,15H,3,13-14H2,1-2H3,(H2,21,22,23);1H. The van der Waals surface area contributed by atoms with Crippen LogP contribution in [0, 0.1) is 0 Å². The van der Waals surface area contributed by atoms with Crippen LogP contribution < -0.4 is 10.6 Å². The number of benzene rings is 2. The molecule has 28 heavy (non-hydrogen) atoms. The van der Waals surface area contributed by atoms with Gasteiger partial charge in [0.1, 0.15) is 12.2 Å². The number of rotatable bonds is 7. The number of nitrogens with one attached hydrogen (secondary N) is 2. The minimum atomic E-state index is 0. The smallest absolute Gasteiger partial charge is 0.191 e. The predicted molar refractivity (Wildman–Crippen MR) is 125 cm³/mol. The average molecular weight is 508 g/mol. The average Bonchev–Trinajstić information content (AvgIpc) is 3.11. The van der Waals surface area contributed by atoms with Crippen LogP contribution in [0.15, 0.2) is 75.7 Å². The monoisotopic (exact) mass is 508 g/mol. The molecule has 0 aliphatic carbocycles. The van der Waals surface area contributed by atoms with E-state index in [0.717, 1.165) is 18.3 Å². The molecule has 0 amide bonds. The summed E-state index contributed by atoms with van der Waals surface area (Å²) >= 11 is 1.76. The zero-order chi connectivity index (χ0) is 18.9. The minimum absolute atomic E-state index is 0. The van der Waals surface area contributed by atoms with Crippen LogP contribution in [0.3, 0.4) is 0 Å². The van der Waals surface area contributed by atoms with Crippen LogP contribution in [-0.2, 0) is 20.1 Å². The van der Waals surface area contributed by atoms with Crippen LogP contribution in [0.5, 0.6) is 0 Å². The minimum Gasteiger partial charge on any atom is -0.357 e. The van der Waals surface area contributed by atoms with Crippen molar-refractivity contribution in [3.63, 3.8) is 0 Å². The van der Waals surface area contributed by atoms with Crippen molar-refractivity contribution in [3.8, 4) is 0 Å². The molecule has 3 rings (SSSR count). The van der Waals surface area contributed by atoms with E-state index in [4.69, 9.17) is 0 Å². The lowest BCUT2D eigenvalue weighted by Gasteiger charge is -2.11. The summed E-state index contributed by atoms with van der Waals surface area (Å²) in [5.41, 5.74) is 1.17. The first-order chi connectivity index (χ1) is 13.2. The van der Waals surface area contributed by atoms with Crippen molar-refractivity contribution < 1.29 is 0 Å². The molecule has 0 saturated heterocycles. The van der Waals surface area contributed by atoms with Gasteiger partial charge < -0.3 is 10.6 Å². The third-order valence-electron chi connectivity index (χ3n) is 3.89. The van der Waals surface area contributed by atoms with Crippen LogP contribution >= 0.6 is 35.7 Å². The first kappa shape index (κ1) is 22.2. The second-order valence-electron chi connectivity index (χ2n) is 5.91. The Labute approximate surface area is 187 Å². The summed E-state index contributed by atoms with van der Waals surface area (Å²) in [7, 11) is 1.88. The highest BCUT2D eigenvalue weighted by atomic mass is 127. The number of guanidine groups is 1. The van der Waals surface area contributed by atoms with Crippen LogP contribution in [0.25, 0.3) is 0 Å². The Bertz CT molecular complexity index is 864. The molecule has 148 valence electrons. The van der Waals surface area contributed by atoms with Crippen molar-refractivity contribution in [1.82, 2.24) is 25.4 Å². The lowest BCUT2D eigenvalue weighted by atomic mass is 10.2. The number of hydrogen-bond donors (Lipinski definition) is 2. The van der Waals surface area contributed by atoms with E-state index in [-0.39, 0.29) is 24.0 Å². The van der Waals surface area contributed by atoms with E-state index in [1.54, 1.807) is 22.8 Å². The van der Waals surface area contributed by atoms with Gasteiger partial charge >= 0.3 is 0 Å². The summed E-state index contributed by atoms with van der Waals surface area (Å²) in [5.74, 6) is 1.63. The molecule has 0 aliphatic rings. The Balaban J connectivity index is 0.00000280. The summed E-state index contributed by atoms with van der Waals surface area (Å²) in [6.45, 7) is 4.05. The topological polar surface area (TPSA) is 67.1 Å². The number of halogens is 1. The highest BCUT2D eigenvalue weighted by Crippen LogP contribution is 2.27. The molecule has 0 fully saturated rings. The van der Waals surface area contributed by atoms with Crippen LogP contribution in [0.2, 0.25) is 0 Å². The number of aliphatic imine (C=N–C) groups is 1. The second kappa shape index (κ2) is 11.7. The highest BCUT2D eigenvalue weighted by Gasteiger charge is 2.03. The molecular weight excluding hydrogens is 483 g/mol. The molecule has 0 bridgehead atoms. The van der Waals surface area contributed by atoms with Gasteiger partial charge in [-0.25, -0.2) is 9.98 Å². The van der Waals surface area contributed by atoms with Crippen molar-refractivity contribution in [2.45, 2.75) is 29.8 Å². The van der Waals surface area contributed by atoms with Crippen molar-refractivity contribution in [2.75, 3.05) is 6.54 Å². The summed E-state index contributed by atoms with van der Waals surface area (Å²) in [6, 6.07) is 18.9. The molecule has 6 nitrogen and oxygen atoms in total. The van der Waals surface area contributed by atoms with Gasteiger partial charge in [0, 0.05) is 23.4 Å². The second-order valence-corrected chi connectivity index (χ2v) is 7.05. The van der Waals surface area contributed by atoms with Crippen LogP contribution in [-0.4, -0.2) is 27.3 Å². The van der Waals surface area contributed by atoms with Crippen molar-refractivity contribution in [2.24, 2.45) is 12.0 Å². The predicted octanol–water partition coefficient (Wildman–Crippen LogP) is 3.84. The SMILES string of the molecule is CCNC(=NCc1ccc(Sc2ccccc2)cc1)NCc1ncnn1C.I. The molecule has 0 spiro atoms. The van der Waals surface area contributed by atoms with Crippen LogP contribution in [0.4, 0.5) is 0 Å². The highest BCUT2D eigenvalue weighted by molar-refractivity contribution is 14.0. The first-order valence-electron chi connectivity index (χ1n) is 8.91. The molecule has 2 aromatic carbocycles. The van der Waals surface area contributed by atoms with Crippen molar-refractivity contribution in [3.05, 3.63) is 72.3 Å². The third-order valence-corrected chi connectivity index (χ3v) is 4.90. The molecule has 0 saturated carbocycles. The molecule has 2 N–H and O–H groups in total. The number of aryl methyl sites for hydroxylation is 1. The zero-order valence-electron chi connectivity index (χ0n) is 16.0. The molecule has 1 aromatic heterocycles. The van der Waals surface area contributed by atoms with Crippen molar-refractivity contribution in [1.29, 1.82) is 0 Å². The van der Waals surface area contributed by atoms with Gasteiger partial charge in [-0.1, -0.05) is 42.1 Å². The van der Waals surface area contributed by atoms with Gasteiger partial charge in [0.05, 0.1) is 13.1 Å². The molecule has 0 radical (unpaired) electrons. The summed E-state index contributed by atoms with van der Waals surface area (Å²) < 4.78 is 1.75. The Morgan fingerprint density at radius 1 is 1.04 bits per heavy atom. The van der Waals surface area contributed by atoms with E-state index in [2.05, 4.69) is 81.2 Å². The summed E-state index contributed by atoms with van der Waals surface area (Å²) in [5, 5.41) is 10.6. The van der Waals surface area contributed by atoms with E-state index in [0.29, 0.717) is 13.1 Å².